The number of benzene rings is 2. The number of aromatic hydroxyl groups is 1. The Morgan fingerprint density at radius 1 is 1.31 bits per heavy atom. The van der Waals surface area contributed by atoms with E-state index in [-0.39, 0.29) is 15.8 Å². The van der Waals surface area contributed by atoms with Gasteiger partial charge in [0.25, 0.3) is 0 Å². The maximum Gasteiger partial charge on any atom is 0.242 e. The monoisotopic (exact) mass is 500 g/mol. The van der Waals surface area contributed by atoms with E-state index < -0.39 is 10.0 Å². The van der Waals surface area contributed by atoms with Crippen molar-refractivity contribution in [3.8, 4) is 11.5 Å². The van der Waals surface area contributed by atoms with Crippen LogP contribution in [0.4, 0.5) is 5.69 Å². The minimum atomic E-state index is -3.56. The maximum atomic E-state index is 12.3. The standard InChI is InChI=1S/C18H21BrN4O4S2/c1-11-5-6-13(29(25,26)23(2)3)9-15(11)21-18(28)22-20-10-12-7-14(19)17(24)16(8-12)27-4/h5-10,24H,1-4H3,(H2,21,22,28)/b20-10+. The molecule has 0 saturated carbocycles. The van der Waals surface area contributed by atoms with E-state index in [1.807, 2.05) is 6.92 Å². The number of nitrogens with one attached hydrogen (secondary N) is 2. The molecule has 0 heterocycles. The number of ether oxygens (including phenoxy) is 1. The lowest BCUT2D eigenvalue weighted by atomic mass is 10.2. The van der Waals surface area contributed by atoms with Gasteiger partial charge in [0, 0.05) is 19.8 Å². The van der Waals surface area contributed by atoms with Gasteiger partial charge < -0.3 is 15.2 Å². The number of thiocarbonyl (C=S) groups is 1. The van der Waals surface area contributed by atoms with Crippen LogP contribution in [0.15, 0.2) is 44.8 Å². The van der Waals surface area contributed by atoms with E-state index in [1.165, 1.54) is 33.5 Å². The lowest BCUT2D eigenvalue weighted by molar-refractivity contribution is 0.372. The Morgan fingerprint density at radius 2 is 2.00 bits per heavy atom. The average molecular weight is 501 g/mol. The van der Waals surface area contributed by atoms with Gasteiger partial charge in [-0.3, -0.25) is 5.43 Å². The summed E-state index contributed by atoms with van der Waals surface area (Å²) in [4.78, 5) is 0.155. The third-order valence-electron chi connectivity index (χ3n) is 3.89. The van der Waals surface area contributed by atoms with E-state index in [2.05, 4.69) is 31.8 Å². The topological polar surface area (TPSA) is 103 Å². The van der Waals surface area contributed by atoms with Gasteiger partial charge in [-0.05, 0) is 70.5 Å². The molecule has 0 saturated heterocycles. The van der Waals surface area contributed by atoms with E-state index in [9.17, 15) is 13.5 Å². The molecule has 0 aliphatic heterocycles. The molecule has 0 radical (unpaired) electrons. The van der Waals surface area contributed by atoms with Crippen LogP contribution in [0.1, 0.15) is 11.1 Å². The molecule has 0 fully saturated rings. The van der Waals surface area contributed by atoms with E-state index in [0.717, 1.165) is 9.87 Å². The highest BCUT2D eigenvalue weighted by atomic mass is 79.9. The number of halogens is 1. The maximum absolute atomic E-state index is 12.3. The summed E-state index contributed by atoms with van der Waals surface area (Å²) in [6.45, 7) is 1.83. The van der Waals surface area contributed by atoms with Gasteiger partial charge in [-0.25, -0.2) is 12.7 Å². The summed E-state index contributed by atoms with van der Waals surface area (Å²) < 4.78 is 31.3. The molecule has 0 aliphatic rings. The quantitative estimate of drug-likeness (QED) is 0.318. The Hall–Kier alpha value is -2.21. The van der Waals surface area contributed by atoms with Crippen molar-refractivity contribution in [3.05, 3.63) is 45.9 Å². The van der Waals surface area contributed by atoms with Crippen molar-refractivity contribution < 1.29 is 18.3 Å². The van der Waals surface area contributed by atoms with Crippen molar-refractivity contribution in [1.29, 1.82) is 0 Å². The molecule has 0 spiro atoms. The first-order valence-electron chi connectivity index (χ1n) is 8.26. The van der Waals surface area contributed by atoms with Crippen LogP contribution in [0.2, 0.25) is 0 Å². The summed E-state index contributed by atoms with van der Waals surface area (Å²) in [5.74, 6) is 0.300. The predicted octanol–water partition coefficient (Wildman–Crippen LogP) is 3.04. The molecule has 0 amide bonds. The Morgan fingerprint density at radius 3 is 2.62 bits per heavy atom. The second-order valence-electron chi connectivity index (χ2n) is 6.14. The molecule has 0 bridgehead atoms. The van der Waals surface area contributed by atoms with E-state index in [1.54, 1.807) is 24.3 Å². The molecule has 0 aliphatic carbocycles. The highest BCUT2D eigenvalue weighted by Crippen LogP contribution is 2.34. The molecule has 0 aromatic heterocycles. The van der Waals surface area contributed by atoms with Crippen LogP contribution in [0.3, 0.4) is 0 Å². The lowest BCUT2D eigenvalue weighted by Crippen LogP contribution is -2.25. The Kier molecular flexibility index (Phi) is 7.58. The summed E-state index contributed by atoms with van der Waals surface area (Å²) in [5, 5.41) is 17.0. The number of rotatable bonds is 6. The summed E-state index contributed by atoms with van der Waals surface area (Å²) in [7, 11) is 0.839. The van der Waals surface area contributed by atoms with Crippen molar-refractivity contribution in [2.75, 3.05) is 26.5 Å². The van der Waals surface area contributed by atoms with Crippen LogP contribution in [0.5, 0.6) is 11.5 Å². The fraction of sp³-hybridized carbons (Fsp3) is 0.222. The molecule has 8 nitrogen and oxygen atoms in total. The summed E-state index contributed by atoms with van der Waals surface area (Å²) in [5.41, 5.74) is 4.71. The number of nitrogens with zero attached hydrogens (tertiary/aromatic N) is 2. The molecule has 11 heteroatoms. The number of methoxy groups -OCH3 is 1. The summed E-state index contributed by atoms with van der Waals surface area (Å²) >= 11 is 8.47. The van der Waals surface area contributed by atoms with Crippen LogP contribution in [0.25, 0.3) is 0 Å². The van der Waals surface area contributed by atoms with Gasteiger partial charge in [0.15, 0.2) is 16.6 Å². The third kappa shape index (κ3) is 5.66. The molecule has 3 N–H and O–H groups in total. The van der Waals surface area contributed by atoms with Gasteiger partial charge in [0.1, 0.15) is 0 Å². The van der Waals surface area contributed by atoms with Crippen LogP contribution >= 0.6 is 28.1 Å². The van der Waals surface area contributed by atoms with Gasteiger partial charge in [-0.1, -0.05) is 6.07 Å². The second-order valence-corrected chi connectivity index (χ2v) is 9.56. The zero-order chi connectivity index (χ0) is 21.8. The summed E-state index contributed by atoms with van der Waals surface area (Å²) in [6.07, 6.45) is 1.50. The highest BCUT2D eigenvalue weighted by Gasteiger charge is 2.18. The number of phenolic OH excluding ortho intramolecular Hbond substituents is 1. The summed E-state index contributed by atoms with van der Waals surface area (Å²) in [6, 6.07) is 8.04. The fourth-order valence-corrected chi connectivity index (χ4v) is 3.80. The first-order chi connectivity index (χ1) is 13.6. The molecular weight excluding hydrogens is 480 g/mol. The largest absolute Gasteiger partial charge is 0.503 e. The molecule has 2 aromatic rings. The molecule has 156 valence electrons. The fourth-order valence-electron chi connectivity index (χ4n) is 2.25. The Balaban J connectivity index is 2.12. The number of phenols is 1. The van der Waals surface area contributed by atoms with Gasteiger partial charge in [0.05, 0.1) is 22.7 Å². The van der Waals surface area contributed by atoms with Crippen molar-refractivity contribution in [3.63, 3.8) is 0 Å². The number of aryl methyl sites for hydroxylation is 1. The van der Waals surface area contributed by atoms with Gasteiger partial charge in [-0.15, -0.1) is 0 Å². The van der Waals surface area contributed by atoms with E-state index in [0.29, 0.717) is 21.5 Å². The number of hydrogen-bond donors (Lipinski definition) is 3. The van der Waals surface area contributed by atoms with Crippen LogP contribution in [-0.2, 0) is 10.0 Å². The number of anilines is 1. The van der Waals surface area contributed by atoms with Gasteiger partial charge in [0.2, 0.25) is 10.0 Å². The van der Waals surface area contributed by atoms with E-state index >= 15 is 0 Å². The molecule has 2 aromatic carbocycles. The normalized spacial score (nSPS) is 11.7. The second kappa shape index (κ2) is 9.53. The molecule has 0 unspecified atom stereocenters. The lowest BCUT2D eigenvalue weighted by Gasteiger charge is -2.15. The van der Waals surface area contributed by atoms with Crippen LogP contribution in [-0.4, -0.2) is 50.4 Å². The zero-order valence-electron chi connectivity index (χ0n) is 16.2. The minimum absolute atomic E-state index is 0.00201. The highest BCUT2D eigenvalue weighted by molar-refractivity contribution is 9.10. The van der Waals surface area contributed by atoms with Crippen molar-refractivity contribution in [2.24, 2.45) is 5.10 Å². The first-order valence-corrected chi connectivity index (χ1v) is 10.9. The van der Waals surface area contributed by atoms with Crippen molar-refractivity contribution in [1.82, 2.24) is 9.73 Å². The average Bonchev–Trinajstić information content (AvgIpc) is 2.65. The predicted molar refractivity (Wildman–Crippen MR) is 121 cm³/mol. The van der Waals surface area contributed by atoms with Gasteiger partial charge >= 0.3 is 0 Å². The zero-order valence-corrected chi connectivity index (χ0v) is 19.4. The third-order valence-corrected chi connectivity index (χ3v) is 6.50. The SMILES string of the molecule is COc1cc(/C=N/NC(=S)Nc2cc(S(=O)(=O)N(C)C)ccc2C)cc(Br)c1O. The number of hydrazone groups is 1. The van der Waals surface area contributed by atoms with Crippen molar-refractivity contribution >= 4 is 55.2 Å². The van der Waals surface area contributed by atoms with Crippen LogP contribution < -0.4 is 15.5 Å². The molecule has 29 heavy (non-hydrogen) atoms. The van der Waals surface area contributed by atoms with Crippen LogP contribution in [0, 0.1) is 6.92 Å². The van der Waals surface area contributed by atoms with Crippen molar-refractivity contribution in [2.45, 2.75) is 11.8 Å². The minimum Gasteiger partial charge on any atom is -0.503 e. The number of hydrogen-bond acceptors (Lipinski definition) is 6. The Labute approximate surface area is 183 Å². The molecule has 0 atom stereocenters. The Bertz CT molecular complexity index is 1060. The number of sulfonamides is 1. The van der Waals surface area contributed by atoms with Gasteiger partial charge in [-0.2, -0.15) is 5.10 Å². The molecular formula is C18H21BrN4O4S2. The van der Waals surface area contributed by atoms with E-state index in [4.69, 9.17) is 17.0 Å². The molecule has 2 rings (SSSR count). The first kappa shape index (κ1) is 23.1. The smallest absolute Gasteiger partial charge is 0.242 e.